The quantitative estimate of drug-likeness (QED) is 0.456. The van der Waals surface area contributed by atoms with E-state index < -0.39 is 5.97 Å². The number of hydrogen-bond acceptors (Lipinski definition) is 3. The molecule has 0 bridgehead atoms. The van der Waals surface area contributed by atoms with Gasteiger partial charge in [-0.15, -0.1) is 0 Å². The number of unbranched alkanes of at least 4 members (excludes halogenated alkanes) is 3. The molecule has 1 saturated heterocycles. The van der Waals surface area contributed by atoms with Gasteiger partial charge in [0.15, 0.2) is 5.78 Å². The van der Waals surface area contributed by atoms with Crippen molar-refractivity contribution in [3.8, 4) is 0 Å². The summed E-state index contributed by atoms with van der Waals surface area (Å²) in [5.74, 6) is -0.653. The third-order valence-corrected chi connectivity index (χ3v) is 4.92. The Labute approximate surface area is 165 Å². The van der Waals surface area contributed by atoms with Crippen molar-refractivity contribution in [2.45, 2.75) is 57.4 Å². The minimum absolute atomic E-state index is 0.00904. The summed E-state index contributed by atoms with van der Waals surface area (Å²) in [6.07, 6.45) is 8.43. The lowest BCUT2D eigenvalue weighted by atomic mass is 10.1. The molecule has 0 spiro atoms. The van der Waals surface area contributed by atoms with Gasteiger partial charge in [0.25, 0.3) is 0 Å². The van der Waals surface area contributed by atoms with Gasteiger partial charge in [0, 0.05) is 30.8 Å². The van der Waals surface area contributed by atoms with Crippen molar-refractivity contribution in [1.29, 1.82) is 0 Å². The molecule has 0 radical (unpaired) electrons. The molecular formula is C21H26ClNO4. The number of carboxylic acids is 1. The lowest BCUT2D eigenvalue weighted by Gasteiger charge is -2.22. The van der Waals surface area contributed by atoms with E-state index in [4.69, 9.17) is 16.7 Å². The highest BCUT2D eigenvalue weighted by atomic mass is 35.5. The first-order chi connectivity index (χ1) is 13.0. The molecule has 0 aromatic heterocycles. The van der Waals surface area contributed by atoms with Crippen molar-refractivity contribution < 1.29 is 19.5 Å². The number of carboxylic acid groups (broad SMARTS) is 1. The molecule has 0 aliphatic carbocycles. The van der Waals surface area contributed by atoms with Crippen molar-refractivity contribution in [1.82, 2.24) is 4.90 Å². The summed E-state index contributed by atoms with van der Waals surface area (Å²) in [7, 11) is 0. The van der Waals surface area contributed by atoms with Gasteiger partial charge in [-0.3, -0.25) is 14.4 Å². The summed E-state index contributed by atoms with van der Waals surface area (Å²) >= 11 is 5.94. The second-order valence-electron chi connectivity index (χ2n) is 6.88. The number of aliphatic carboxylic acids is 1. The Morgan fingerprint density at radius 3 is 2.74 bits per heavy atom. The summed E-state index contributed by atoms with van der Waals surface area (Å²) in [6, 6.07) is 7.22. The lowest BCUT2D eigenvalue weighted by Crippen LogP contribution is -2.32. The van der Waals surface area contributed by atoms with Crippen LogP contribution in [0.1, 0.15) is 50.5 Å². The van der Waals surface area contributed by atoms with Crippen molar-refractivity contribution in [2.75, 3.05) is 6.54 Å². The minimum atomic E-state index is -0.766. The molecule has 0 unspecified atom stereocenters. The molecule has 2 rings (SSSR count). The Kier molecular flexibility index (Phi) is 8.52. The van der Waals surface area contributed by atoms with Crippen LogP contribution in [0.25, 0.3) is 0 Å². The maximum atomic E-state index is 12.2. The van der Waals surface area contributed by atoms with Crippen LogP contribution in [-0.4, -0.2) is 40.3 Å². The van der Waals surface area contributed by atoms with E-state index in [9.17, 15) is 14.4 Å². The van der Waals surface area contributed by atoms with Gasteiger partial charge in [-0.05, 0) is 43.0 Å². The Hall–Kier alpha value is -2.14. The Balaban J connectivity index is 1.77. The fraction of sp³-hybridized carbons (Fsp3) is 0.476. The highest BCUT2D eigenvalue weighted by Crippen LogP contribution is 2.21. The number of halogens is 1. The van der Waals surface area contributed by atoms with Crippen molar-refractivity contribution in [2.24, 2.45) is 0 Å². The highest BCUT2D eigenvalue weighted by molar-refractivity contribution is 6.30. The Morgan fingerprint density at radius 2 is 2.00 bits per heavy atom. The zero-order valence-corrected chi connectivity index (χ0v) is 16.2. The Morgan fingerprint density at radius 1 is 1.22 bits per heavy atom. The van der Waals surface area contributed by atoms with Crippen LogP contribution < -0.4 is 0 Å². The van der Waals surface area contributed by atoms with Crippen LogP contribution in [0.3, 0.4) is 0 Å². The predicted molar refractivity (Wildman–Crippen MR) is 105 cm³/mol. The smallest absolute Gasteiger partial charge is 0.303 e. The van der Waals surface area contributed by atoms with E-state index in [0.29, 0.717) is 30.8 Å². The van der Waals surface area contributed by atoms with Crippen LogP contribution in [0, 0.1) is 0 Å². The van der Waals surface area contributed by atoms with Gasteiger partial charge in [-0.25, -0.2) is 0 Å². The average Bonchev–Trinajstić information content (AvgIpc) is 2.96. The van der Waals surface area contributed by atoms with Crippen LogP contribution >= 0.6 is 11.6 Å². The fourth-order valence-corrected chi connectivity index (χ4v) is 3.50. The summed E-state index contributed by atoms with van der Waals surface area (Å²) in [5, 5.41) is 9.24. The molecule has 1 amide bonds. The number of rotatable bonds is 11. The number of hydrogen-bond donors (Lipinski definition) is 1. The number of amides is 1. The van der Waals surface area contributed by atoms with Gasteiger partial charge in [0.1, 0.15) is 0 Å². The second-order valence-corrected chi connectivity index (χ2v) is 7.32. The summed E-state index contributed by atoms with van der Waals surface area (Å²) in [6.45, 7) is 0.656. The maximum absolute atomic E-state index is 12.2. The molecule has 1 aliphatic rings. The molecule has 1 aliphatic heterocycles. The van der Waals surface area contributed by atoms with Crippen molar-refractivity contribution >= 4 is 29.3 Å². The van der Waals surface area contributed by atoms with Crippen LogP contribution in [0.15, 0.2) is 36.4 Å². The molecule has 1 N–H and O–H groups in total. The van der Waals surface area contributed by atoms with E-state index in [1.54, 1.807) is 18.2 Å². The molecule has 6 heteroatoms. The SMILES string of the molecule is O=C(O)CCCCCCN1C(=O)CC[C@@H]1C=CC(=O)Cc1cccc(Cl)c1. The third-order valence-electron chi connectivity index (χ3n) is 4.69. The van der Waals surface area contributed by atoms with Gasteiger partial charge >= 0.3 is 5.97 Å². The maximum Gasteiger partial charge on any atom is 0.303 e. The van der Waals surface area contributed by atoms with Crippen LogP contribution in [-0.2, 0) is 20.8 Å². The monoisotopic (exact) mass is 391 g/mol. The normalized spacial score (nSPS) is 17.0. The van der Waals surface area contributed by atoms with E-state index in [1.807, 2.05) is 23.1 Å². The summed E-state index contributed by atoms with van der Waals surface area (Å²) in [4.78, 5) is 36.6. The number of carbonyl (C=O) groups is 3. The Bertz CT molecular complexity index is 701. The van der Waals surface area contributed by atoms with E-state index >= 15 is 0 Å². The predicted octanol–water partition coefficient (Wildman–Crippen LogP) is 4.03. The van der Waals surface area contributed by atoms with Crippen LogP contribution in [0.2, 0.25) is 5.02 Å². The third kappa shape index (κ3) is 7.55. The van der Waals surface area contributed by atoms with Crippen LogP contribution in [0.5, 0.6) is 0 Å². The molecule has 1 fully saturated rings. The molecule has 1 aromatic rings. The zero-order chi connectivity index (χ0) is 19.6. The van der Waals surface area contributed by atoms with Crippen molar-refractivity contribution in [3.05, 3.63) is 47.0 Å². The molecule has 1 heterocycles. The summed E-state index contributed by atoms with van der Waals surface area (Å²) in [5.41, 5.74) is 0.873. The van der Waals surface area contributed by atoms with Gasteiger partial charge in [-0.2, -0.15) is 0 Å². The summed E-state index contributed by atoms with van der Waals surface area (Å²) < 4.78 is 0. The van der Waals surface area contributed by atoms with Crippen molar-refractivity contribution in [3.63, 3.8) is 0 Å². The molecule has 5 nitrogen and oxygen atoms in total. The first kappa shape index (κ1) is 21.2. The van der Waals surface area contributed by atoms with E-state index in [1.165, 1.54) is 0 Å². The van der Waals surface area contributed by atoms with Gasteiger partial charge in [-0.1, -0.05) is 42.7 Å². The van der Waals surface area contributed by atoms with Gasteiger partial charge in [0.05, 0.1) is 6.04 Å². The number of allylic oxidation sites excluding steroid dienone is 1. The molecule has 1 aromatic carbocycles. The fourth-order valence-electron chi connectivity index (χ4n) is 3.28. The van der Waals surface area contributed by atoms with E-state index in [0.717, 1.165) is 31.2 Å². The van der Waals surface area contributed by atoms with Gasteiger partial charge in [0.2, 0.25) is 5.91 Å². The average molecular weight is 392 g/mol. The number of nitrogens with zero attached hydrogens (tertiary/aromatic N) is 1. The van der Waals surface area contributed by atoms with E-state index in [-0.39, 0.29) is 24.2 Å². The number of benzene rings is 1. The second kappa shape index (κ2) is 10.9. The molecule has 27 heavy (non-hydrogen) atoms. The number of carbonyl (C=O) groups excluding carboxylic acids is 2. The standard InChI is InChI=1S/C21H26ClNO4/c22-17-7-5-6-16(14-17)15-19(24)11-9-18-10-12-20(25)23(18)13-4-2-1-3-8-21(26)27/h5-7,9,11,14,18H,1-4,8,10,12-13,15H2,(H,26,27)/t18-/m0/s1. The van der Waals surface area contributed by atoms with E-state index in [2.05, 4.69) is 0 Å². The topological polar surface area (TPSA) is 74.7 Å². The highest BCUT2D eigenvalue weighted by Gasteiger charge is 2.28. The molecule has 1 atom stereocenters. The first-order valence-corrected chi connectivity index (χ1v) is 9.80. The lowest BCUT2D eigenvalue weighted by molar-refractivity contribution is -0.137. The molecular weight excluding hydrogens is 366 g/mol. The largest absolute Gasteiger partial charge is 0.481 e. The number of ketones is 1. The minimum Gasteiger partial charge on any atom is -0.481 e. The molecule has 0 saturated carbocycles. The first-order valence-electron chi connectivity index (χ1n) is 9.42. The van der Waals surface area contributed by atoms with Gasteiger partial charge < -0.3 is 10.0 Å². The van der Waals surface area contributed by atoms with Crippen LogP contribution in [0.4, 0.5) is 0 Å². The number of likely N-dealkylation sites (tertiary alicyclic amines) is 1. The molecule has 146 valence electrons. The zero-order valence-electron chi connectivity index (χ0n) is 15.4.